The highest BCUT2D eigenvalue weighted by atomic mass is 32.1. The van der Waals surface area contributed by atoms with Crippen molar-refractivity contribution < 1.29 is 17.9 Å². The maximum absolute atomic E-state index is 12.1. The summed E-state index contributed by atoms with van der Waals surface area (Å²) < 4.78 is 41.5. The second-order valence-corrected chi connectivity index (χ2v) is 5.17. The van der Waals surface area contributed by atoms with Crippen molar-refractivity contribution in [3.63, 3.8) is 0 Å². The normalized spacial score (nSPS) is 14.2. The molecule has 1 aromatic rings. The third-order valence-corrected chi connectivity index (χ3v) is 3.34. The lowest BCUT2D eigenvalue weighted by Crippen LogP contribution is -2.15. The Balaban J connectivity index is 2.05. The van der Waals surface area contributed by atoms with Gasteiger partial charge in [0.25, 0.3) is 0 Å². The van der Waals surface area contributed by atoms with Crippen molar-refractivity contribution in [1.82, 2.24) is 4.98 Å². The number of hydrogen-bond acceptors (Lipinski definition) is 3. The van der Waals surface area contributed by atoms with Gasteiger partial charge >= 0.3 is 6.18 Å². The first-order chi connectivity index (χ1) is 9.37. The Bertz CT molecular complexity index is 517. The highest BCUT2D eigenvalue weighted by Crippen LogP contribution is 2.27. The fourth-order valence-electron chi connectivity index (χ4n) is 2.18. The van der Waals surface area contributed by atoms with Gasteiger partial charge in [-0.3, -0.25) is 0 Å². The Kier molecular flexibility index (Phi) is 4.47. The molecule has 1 aliphatic carbocycles. The number of halogens is 3. The molecule has 0 aromatic carbocycles. The summed E-state index contributed by atoms with van der Waals surface area (Å²) in [4.78, 5) is 4.49. The van der Waals surface area contributed by atoms with Crippen molar-refractivity contribution in [3.8, 4) is 5.88 Å². The van der Waals surface area contributed by atoms with Crippen LogP contribution in [0.15, 0.2) is 6.07 Å². The third-order valence-electron chi connectivity index (χ3n) is 3.12. The minimum atomic E-state index is -4.17. The van der Waals surface area contributed by atoms with Gasteiger partial charge in [0.15, 0.2) is 0 Å². The predicted molar refractivity (Wildman–Crippen MR) is 72.9 cm³/mol. The maximum Gasteiger partial charge on any atom is 0.389 e. The van der Waals surface area contributed by atoms with Crippen LogP contribution in [-0.2, 0) is 12.8 Å². The van der Waals surface area contributed by atoms with Gasteiger partial charge < -0.3 is 10.5 Å². The summed E-state index contributed by atoms with van der Waals surface area (Å²) in [5.41, 5.74) is 8.14. The zero-order valence-corrected chi connectivity index (χ0v) is 11.6. The standard InChI is InChI=1S/C13H15F3N2OS/c14-13(15,16)5-2-6-19-12-9(11(17)20)7-8-3-1-4-10(8)18-12/h7H,1-6H2,(H2,17,20). The second kappa shape index (κ2) is 5.95. The zero-order chi connectivity index (χ0) is 14.8. The highest BCUT2D eigenvalue weighted by molar-refractivity contribution is 7.80. The molecule has 0 atom stereocenters. The van der Waals surface area contributed by atoms with Gasteiger partial charge in [0.05, 0.1) is 12.2 Å². The molecule has 0 aliphatic heterocycles. The molecule has 3 nitrogen and oxygen atoms in total. The number of nitrogens with two attached hydrogens (primary N) is 1. The van der Waals surface area contributed by atoms with Gasteiger partial charge in [-0.05, 0) is 37.3 Å². The molecule has 2 rings (SSSR count). The van der Waals surface area contributed by atoms with E-state index in [2.05, 4.69) is 4.98 Å². The fourth-order valence-corrected chi connectivity index (χ4v) is 2.33. The van der Waals surface area contributed by atoms with E-state index in [4.69, 9.17) is 22.7 Å². The first-order valence-corrected chi connectivity index (χ1v) is 6.80. The minimum Gasteiger partial charge on any atom is -0.477 e. The number of hydrogen-bond donors (Lipinski definition) is 1. The lowest BCUT2D eigenvalue weighted by Gasteiger charge is -2.12. The summed E-state index contributed by atoms with van der Waals surface area (Å²) in [6.07, 6.45) is -2.37. The molecule has 110 valence electrons. The van der Waals surface area contributed by atoms with Crippen LogP contribution in [0.1, 0.15) is 36.1 Å². The Morgan fingerprint density at radius 1 is 1.40 bits per heavy atom. The van der Waals surface area contributed by atoms with E-state index in [0.29, 0.717) is 5.56 Å². The molecular formula is C13H15F3N2OS. The van der Waals surface area contributed by atoms with Crippen LogP contribution < -0.4 is 10.5 Å². The molecule has 0 amide bonds. The SMILES string of the molecule is NC(=S)c1cc2c(nc1OCCCC(F)(F)F)CCC2. The van der Waals surface area contributed by atoms with Crippen LogP contribution >= 0.6 is 12.2 Å². The average Bonchev–Trinajstić information content (AvgIpc) is 2.79. The summed E-state index contributed by atoms with van der Waals surface area (Å²) in [5.74, 6) is 0.250. The lowest BCUT2D eigenvalue weighted by molar-refractivity contribution is -0.136. The molecule has 0 saturated carbocycles. The Hall–Kier alpha value is -1.37. The van der Waals surface area contributed by atoms with E-state index in [1.807, 2.05) is 6.07 Å². The van der Waals surface area contributed by atoms with Gasteiger partial charge in [0.1, 0.15) is 4.99 Å². The molecule has 0 unspecified atom stereocenters. The Morgan fingerprint density at radius 3 is 2.80 bits per heavy atom. The quantitative estimate of drug-likeness (QED) is 0.671. The van der Waals surface area contributed by atoms with Crippen LogP contribution in [0.2, 0.25) is 0 Å². The lowest BCUT2D eigenvalue weighted by atomic mass is 10.1. The molecule has 0 radical (unpaired) electrons. The van der Waals surface area contributed by atoms with Crippen LogP contribution in [0.4, 0.5) is 13.2 Å². The van der Waals surface area contributed by atoms with Gasteiger partial charge in [-0.15, -0.1) is 0 Å². The fraction of sp³-hybridized carbons (Fsp3) is 0.538. The molecule has 20 heavy (non-hydrogen) atoms. The second-order valence-electron chi connectivity index (χ2n) is 4.73. The van der Waals surface area contributed by atoms with Crippen LogP contribution in [-0.4, -0.2) is 22.8 Å². The molecule has 1 heterocycles. The summed E-state index contributed by atoms with van der Waals surface area (Å²) in [5, 5.41) is 0. The molecule has 0 saturated heterocycles. The van der Waals surface area contributed by atoms with Crippen LogP contribution in [0.5, 0.6) is 5.88 Å². The maximum atomic E-state index is 12.1. The van der Waals surface area contributed by atoms with E-state index in [1.165, 1.54) is 0 Å². The van der Waals surface area contributed by atoms with Gasteiger partial charge in [-0.1, -0.05) is 12.2 Å². The molecule has 1 aromatic heterocycles. The van der Waals surface area contributed by atoms with Gasteiger partial charge in [0.2, 0.25) is 5.88 Å². The molecule has 0 spiro atoms. The molecule has 0 fully saturated rings. The zero-order valence-electron chi connectivity index (χ0n) is 10.8. The number of rotatable bonds is 5. The summed E-state index contributed by atoms with van der Waals surface area (Å²) in [7, 11) is 0. The van der Waals surface area contributed by atoms with E-state index in [1.54, 1.807) is 0 Å². The smallest absolute Gasteiger partial charge is 0.389 e. The van der Waals surface area contributed by atoms with Crippen molar-refractivity contribution in [3.05, 3.63) is 22.9 Å². The number of alkyl halides is 3. The number of thiocarbonyl (C=S) groups is 1. The number of aryl methyl sites for hydroxylation is 2. The Labute approximate surface area is 120 Å². The summed E-state index contributed by atoms with van der Waals surface area (Å²) in [6.45, 7) is -0.0547. The van der Waals surface area contributed by atoms with E-state index >= 15 is 0 Å². The van der Waals surface area contributed by atoms with E-state index < -0.39 is 12.6 Å². The number of pyridine rings is 1. The molecule has 7 heteroatoms. The molecular weight excluding hydrogens is 289 g/mol. The summed E-state index contributed by atoms with van der Waals surface area (Å²) in [6, 6.07) is 1.84. The molecule has 0 bridgehead atoms. The monoisotopic (exact) mass is 304 g/mol. The van der Waals surface area contributed by atoms with Crippen LogP contribution in [0.25, 0.3) is 0 Å². The predicted octanol–water partition coefficient (Wildman–Crippen LogP) is 2.93. The minimum absolute atomic E-state index is 0.0547. The van der Waals surface area contributed by atoms with Crippen LogP contribution in [0.3, 0.4) is 0 Å². The number of nitrogens with zero attached hydrogens (tertiary/aromatic N) is 1. The van der Waals surface area contributed by atoms with E-state index in [0.717, 1.165) is 30.5 Å². The Morgan fingerprint density at radius 2 is 2.15 bits per heavy atom. The number of aromatic nitrogens is 1. The topological polar surface area (TPSA) is 48.1 Å². The number of fused-ring (bicyclic) bond motifs is 1. The largest absolute Gasteiger partial charge is 0.477 e. The highest BCUT2D eigenvalue weighted by Gasteiger charge is 2.26. The van der Waals surface area contributed by atoms with Crippen molar-refractivity contribution >= 4 is 17.2 Å². The average molecular weight is 304 g/mol. The third kappa shape index (κ3) is 3.82. The number of ether oxygens (including phenoxy) is 1. The van der Waals surface area contributed by atoms with Crippen LogP contribution in [0, 0.1) is 0 Å². The van der Waals surface area contributed by atoms with E-state index in [9.17, 15) is 13.2 Å². The van der Waals surface area contributed by atoms with Gasteiger partial charge in [-0.2, -0.15) is 13.2 Å². The van der Waals surface area contributed by atoms with Gasteiger partial charge in [-0.25, -0.2) is 4.98 Å². The van der Waals surface area contributed by atoms with Crippen molar-refractivity contribution in [2.75, 3.05) is 6.61 Å². The van der Waals surface area contributed by atoms with E-state index in [-0.39, 0.29) is 23.9 Å². The molecule has 1 aliphatic rings. The first kappa shape index (κ1) is 15.0. The van der Waals surface area contributed by atoms with Crippen molar-refractivity contribution in [2.45, 2.75) is 38.3 Å². The summed E-state index contributed by atoms with van der Waals surface area (Å²) >= 11 is 4.94. The van der Waals surface area contributed by atoms with Crippen molar-refractivity contribution in [1.29, 1.82) is 0 Å². The van der Waals surface area contributed by atoms with Crippen molar-refractivity contribution in [2.24, 2.45) is 5.73 Å². The van der Waals surface area contributed by atoms with Gasteiger partial charge in [0, 0.05) is 12.1 Å². The first-order valence-electron chi connectivity index (χ1n) is 6.39. The molecule has 2 N–H and O–H groups in total.